The Morgan fingerprint density at radius 1 is 1.46 bits per heavy atom. The summed E-state index contributed by atoms with van der Waals surface area (Å²) in [7, 11) is -3.21. The minimum Gasteiger partial charge on any atom is -0.338 e. The molecular formula is C15H27N5O3S. The number of rotatable bonds is 7. The number of amides is 2. The lowest BCUT2D eigenvalue weighted by atomic mass is 9.95. The highest BCUT2D eigenvalue weighted by molar-refractivity contribution is 7.89. The first kappa shape index (κ1) is 18.7. The van der Waals surface area contributed by atoms with Gasteiger partial charge in [-0.25, -0.2) is 17.5 Å². The van der Waals surface area contributed by atoms with Crippen LogP contribution in [0.1, 0.15) is 51.1 Å². The Morgan fingerprint density at radius 2 is 2.25 bits per heavy atom. The Labute approximate surface area is 143 Å². The Hall–Kier alpha value is -1.61. The standard InChI is InChI=1S/C15H27N5O3S/c1-3-5-9-24(22,23)20-8-6-7-12(11-20)14-13(10-17-19-14)18-15(21)16-4-2/h10,12H,3-9,11H2,1-2H3,(H,17,19)(H2,16,18,21)/t12-/m0/s1. The van der Waals surface area contributed by atoms with Crippen molar-refractivity contribution in [1.29, 1.82) is 0 Å². The Bertz CT molecular complexity index is 643. The van der Waals surface area contributed by atoms with Crippen LogP contribution in [0.5, 0.6) is 0 Å². The molecule has 0 aliphatic carbocycles. The molecule has 1 atom stereocenters. The normalized spacial score (nSPS) is 19.2. The highest BCUT2D eigenvalue weighted by Crippen LogP contribution is 2.31. The van der Waals surface area contributed by atoms with Crippen molar-refractivity contribution >= 4 is 21.7 Å². The fourth-order valence-electron chi connectivity index (χ4n) is 2.92. The molecule has 2 rings (SSSR count). The van der Waals surface area contributed by atoms with Gasteiger partial charge in [0.25, 0.3) is 0 Å². The molecule has 1 aromatic rings. The third-order valence-corrected chi connectivity index (χ3v) is 6.12. The second-order valence-electron chi connectivity index (χ2n) is 6.05. The maximum absolute atomic E-state index is 12.4. The molecule has 0 saturated carbocycles. The smallest absolute Gasteiger partial charge is 0.319 e. The van der Waals surface area contributed by atoms with Gasteiger partial charge in [-0.15, -0.1) is 0 Å². The molecular weight excluding hydrogens is 330 g/mol. The lowest BCUT2D eigenvalue weighted by molar-refractivity contribution is 0.252. The number of urea groups is 1. The second-order valence-corrected chi connectivity index (χ2v) is 8.14. The first-order valence-corrected chi connectivity index (χ1v) is 10.1. The first-order valence-electron chi connectivity index (χ1n) is 8.53. The van der Waals surface area contributed by atoms with Gasteiger partial charge in [0.15, 0.2) is 0 Å². The van der Waals surface area contributed by atoms with E-state index in [1.807, 2.05) is 13.8 Å². The van der Waals surface area contributed by atoms with E-state index in [0.717, 1.165) is 25.0 Å². The lowest BCUT2D eigenvalue weighted by Gasteiger charge is -2.31. The van der Waals surface area contributed by atoms with Gasteiger partial charge in [0.1, 0.15) is 0 Å². The Kier molecular flexibility index (Phi) is 6.61. The monoisotopic (exact) mass is 357 g/mol. The summed E-state index contributed by atoms with van der Waals surface area (Å²) in [5.74, 6) is 0.206. The number of hydrogen-bond donors (Lipinski definition) is 3. The number of nitrogens with zero attached hydrogens (tertiary/aromatic N) is 2. The zero-order valence-electron chi connectivity index (χ0n) is 14.3. The van der Waals surface area contributed by atoms with Crippen molar-refractivity contribution in [2.24, 2.45) is 0 Å². The number of piperidine rings is 1. The van der Waals surface area contributed by atoms with E-state index < -0.39 is 10.0 Å². The van der Waals surface area contributed by atoms with E-state index in [2.05, 4.69) is 20.8 Å². The number of hydrogen-bond acceptors (Lipinski definition) is 4. The van der Waals surface area contributed by atoms with Gasteiger partial charge in [-0.05, 0) is 26.2 Å². The summed E-state index contributed by atoms with van der Waals surface area (Å²) in [6.45, 7) is 5.36. The quantitative estimate of drug-likeness (QED) is 0.692. The van der Waals surface area contributed by atoms with Crippen LogP contribution in [0.2, 0.25) is 0 Å². The van der Waals surface area contributed by atoms with Gasteiger partial charge in [-0.3, -0.25) is 5.10 Å². The number of aromatic nitrogens is 2. The largest absolute Gasteiger partial charge is 0.338 e. The van der Waals surface area contributed by atoms with Crippen molar-refractivity contribution in [1.82, 2.24) is 19.8 Å². The van der Waals surface area contributed by atoms with Crippen LogP contribution in [0.4, 0.5) is 10.5 Å². The average molecular weight is 357 g/mol. The number of nitrogens with one attached hydrogen (secondary N) is 3. The summed E-state index contributed by atoms with van der Waals surface area (Å²) in [4.78, 5) is 11.7. The molecule has 0 aromatic carbocycles. The minimum atomic E-state index is -3.21. The SMILES string of the molecule is CCCCS(=O)(=O)N1CCC[C@H](c2[nH]ncc2NC(=O)NCC)C1. The van der Waals surface area contributed by atoms with E-state index in [1.54, 1.807) is 10.5 Å². The highest BCUT2D eigenvalue weighted by Gasteiger charge is 2.31. The van der Waals surface area contributed by atoms with Crippen molar-refractivity contribution in [3.05, 3.63) is 11.9 Å². The van der Waals surface area contributed by atoms with Crippen LogP contribution in [0.3, 0.4) is 0 Å². The number of anilines is 1. The van der Waals surface area contributed by atoms with Crippen molar-refractivity contribution < 1.29 is 13.2 Å². The fraction of sp³-hybridized carbons (Fsp3) is 0.733. The average Bonchev–Trinajstić information content (AvgIpc) is 3.01. The van der Waals surface area contributed by atoms with Gasteiger partial charge in [0.05, 0.1) is 23.3 Å². The number of H-pyrrole nitrogens is 1. The minimum absolute atomic E-state index is 0.00887. The van der Waals surface area contributed by atoms with E-state index in [9.17, 15) is 13.2 Å². The summed E-state index contributed by atoms with van der Waals surface area (Å²) in [5, 5.41) is 12.4. The van der Waals surface area contributed by atoms with Gasteiger partial charge in [0.2, 0.25) is 10.0 Å². The maximum atomic E-state index is 12.4. The van der Waals surface area contributed by atoms with Crippen molar-refractivity contribution in [3.8, 4) is 0 Å². The van der Waals surface area contributed by atoms with E-state index in [-0.39, 0.29) is 17.7 Å². The summed E-state index contributed by atoms with van der Waals surface area (Å²) >= 11 is 0. The van der Waals surface area contributed by atoms with Gasteiger partial charge in [-0.2, -0.15) is 5.10 Å². The molecule has 1 aromatic heterocycles. The van der Waals surface area contributed by atoms with Gasteiger partial charge in [-0.1, -0.05) is 13.3 Å². The molecule has 9 heteroatoms. The first-order chi connectivity index (χ1) is 11.5. The van der Waals surface area contributed by atoms with E-state index in [4.69, 9.17) is 0 Å². The lowest BCUT2D eigenvalue weighted by Crippen LogP contribution is -2.40. The predicted molar refractivity (Wildman–Crippen MR) is 93.5 cm³/mol. The topological polar surface area (TPSA) is 107 Å². The molecule has 1 aliphatic heterocycles. The van der Waals surface area contributed by atoms with Crippen molar-refractivity contribution in [3.63, 3.8) is 0 Å². The number of aromatic amines is 1. The molecule has 0 unspecified atom stereocenters. The molecule has 0 spiro atoms. The van der Waals surface area contributed by atoms with Crippen LogP contribution >= 0.6 is 0 Å². The Morgan fingerprint density at radius 3 is 2.96 bits per heavy atom. The Balaban J connectivity index is 2.07. The summed E-state index contributed by atoms with van der Waals surface area (Å²) < 4.78 is 26.4. The number of carbonyl (C=O) groups is 1. The molecule has 3 N–H and O–H groups in total. The summed E-state index contributed by atoms with van der Waals surface area (Å²) in [5.41, 5.74) is 1.40. The van der Waals surface area contributed by atoms with Crippen molar-refractivity contribution in [2.75, 3.05) is 30.7 Å². The molecule has 2 amide bonds. The van der Waals surface area contributed by atoms with Crippen LogP contribution in [0.15, 0.2) is 6.20 Å². The highest BCUT2D eigenvalue weighted by atomic mass is 32.2. The molecule has 0 radical (unpaired) electrons. The molecule has 1 aliphatic rings. The van der Waals surface area contributed by atoms with Crippen molar-refractivity contribution in [2.45, 2.75) is 45.4 Å². The van der Waals surface area contributed by atoms with Crippen LogP contribution in [-0.2, 0) is 10.0 Å². The summed E-state index contributed by atoms with van der Waals surface area (Å²) in [6, 6.07) is -0.289. The van der Waals surface area contributed by atoms with E-state index >= 15 is 0 Å². The molecule has 24 heavy (non-hydrogen) atoms. The molecule has 0 bridgehead atoms. The van der Waals surface area contributed by atoms with Crippen LogP contribution < -0.4 is 10.6 Å². The van der Waals surface area contributed by atoms with E-state index in [1.165, 1.54) is 0 Å². The van der Waals surface area contributed by atoms with Gasteiger partial charge in [0, 0.05) is 25.6 Å². The predicted octanol–water partition coefficient (Wildman–Crippen LogP) is 1.86. The third kappa shape index (κ3) is 4.70. The van der Waals surface area contributed by atoms with Crippen LogP contribution in [-0.4, -0.2) is 54.3 Å². The third-order valence-electron chi connectivity index (χ3n) is 4.20. The number of carbonyl (C=O) groups excluding carboxylic acids is 1. The van der Waals surface area contributed by atoms with E-state index in [0.29, 0.717) is 31.7 Å². The molecule has 2 heterocycles. The molecule has 8 nitrogen and oxygen atoms in total. The zero-order valence-corrected chi connectivity index (χ0v) is 15.2. The number of unbranched alkanes of at least 4 members (excludes halogenated alkanes) is 1. The molecule has 1 fully saturated rings. The molecule has 136 valence electrons. The van der Waals surface area contributed by atoms with Gasteiger partial charge < -0.3 is 10.6 Å². The van der Waals surface area contributed by atoms with Crippen LogP contribution in [0, 0.1) is 0 Å². The zero-order chi connectivity index (χ0) is 17.6. The maximum Gasteiger partial charge on any atom is 0.319 e. The molecule has 1 saturated heterocycles. The fourth-order valence-corrected chi connectivity index (χ4v) is 4.65. The second kappa shape index (κ2) is 8.48. The van der Waals surface area contributed by atoms with Crippen LogP contribution in [0.25, 0.3) is 0 Å². The summed E-state index contributed by atoms with van der Waals surface area (Å²) in [6.07, 6.45) is 4.77. The number of sulfonamides is 1. The van der Waals surface area contributed by atoms with Gasteiger partial charge >= 0.3 is 6.03 Å².